The van der Waals surface area contributed by atoms with Crippen molar-refractivity contribution in [3.05, 3.63) is 30.1 Å². The Bertz CT molecular complexity index is 423. The minimum Gasteiger partial charge on any atom is -0.343 e. The van der Waals surface area contributed by atoms with Gasteiger partial charge < -0.3 is 10.6 Å². The van der Waals surface area contributed by atoms with Gasteiger partial charge >= 0.3 is 0 Å². The Morgan fingerprint density at radius 1 is 1.37 bits per heavy atom. The van der Waals surface area contributed by atoms with Crippen molar-refractivity contribution in [1.29, 1.82) is 0 Å². The number of carbonyl (C=O) groups excluding carboxylic acids is 1. The van der Waals surface area contributed by atoms with E-state index in [1.165, 1.54) is 0 Å². The van der Waals surface area contributed by atoms with Gasteiger partial charge in [-0.3, -0.25) is 14.7 Å². The summed E-state index contributed by atoms with van der Waals surface area (Å²) in [7, 11) is 1.85. The second-order valence-corrected chi connectivity index (χ2v) is 5.08. The molecule has 0 saturated carbocycles. The highest BCUT2D eigenvalue weighted by Gasteiger charge is 2.31. The summed E-state index contributed by atoms with van der Waals surface area (Å²) in [5.41, 5.74) is 7.41. The summed E-state index contributed by atoms with van der Waals surface area (Å²) in [5.74, 6) is 0.161. The van der Waals surface area contributed by atoms with E-state index in [2.05, 4.69) is 16.8 Å². The fraction of sp³-hybridized carbons (Fsp3) is 0.571. The molecule has 0 bridgehead atoms. The van der Waals surface area contributed by atoms with Gasteiger partial charge in [0, 0.05) is 38.6 Å². The summed E-state index contributed by atoms with van der Waals surface area (Å²) in [6.07, 6.45) is 4.44. The van der Waals surface area contributed by atoms with E-state index < -0.39 is 0 Å². The third-order valence-electron chi connectivity index (χ3n) is 3.80. The molecule has 1 aliphatic heterocycles. The molecule has 1 amide bonds. The lowest BCUT2D eigenvalue weighted by molar-refractivity contribution is -0.135. The fourth-order valence-corrected chi connectivity index (χ4v) is 2.53. The van der Waals surface area contributed by atoms with Gasteiger partial charge in [-0.25, -0.2) is 0 Å². The van der Waals surface area contributed by atoms with Crippen LogP contribution in [0.4, 0.5) is 0 Å². The second kappa shape index (κ2) is 6.12. The summed E-state index contributed by atoms with van der Waals surface area (Å²) in [6.45, 7) is 4.15. The van der Waals surface area contributed by atoms with E-state index in [1.807, 2.05) is 19.2 Å². The van der Waals surface area contributed by atoms with Crippen LogP contribution in [0, 0.1) is 0 Å². The van der Waals surface area contributed by atoms with Crippen LogP contribution in [-0.2, 0) is 4.79 Å². The minimum atomic E-state index is 0.0265. The van der Waals surface area contributed by atoms with E-state index in [0.29, 0.717) is 6.54 Å². The van der Waals surface area contributed by atoms with Crippen molar-refractivity contribution < 1.29 is 4.79 Å². The molecule has 0 spiro atoms. The summed E-state index contributed by atoms with van der Waals surface area (Å²) >= 11 is 0. The first-order chi connectivity index (χ1) is 9.13. The highest BCUT2D eigenvalue weighted by Crippen LogP contribution is 2.25. The molecule has 2 N–H and O–H groups in total. The zero-order valence-electron chi connectivity index (χ0n) is 11.6. The Morgan fingerprint density at radius 3 is 2.63 bits per heavy atom. The van der Waals surface area contributed by atoms with Crippen molar-refractivity contribution >= 4 is 5.91 Å². The number of piperazine rings is 1. The van der Waals surface area contributed by atoms with Crippen molar-refractivity contribution in [3.63, 3.8) is 0 Å². The number of nitrogens with two attached hydrogens (primary N) is 1. The maximum atomic E-state index is 11.9. The fourth-order valence-electron chi connectivity index (χ4n) is 2.53. The molecular weight excluding hydrogens is 240 g/mol. The number of nitrogens with zero attached hydrogens (tertiary/aromatic N) is 3. The molecule has 2 heterocycles. The number of hydrogen-bond acceptors (Lipinski definition) is 4. The van der Waals surface area contributed by atoms with Crippen LogP contribution in [0.3, 0.4) is 0 Å². The molecule has 1 fully saturated rings. The molecule has 2 rings (SSSR count). The monoisotopic (exact) mass is 262 g/mol. The van der Waals surface area contributed by atoms with Crippen LogP contribution >= 0.6 is 0 Å². The van der Waals surface area contributed by atoms with Gasteiger partial charge in [0.15, 0.2) is 0 Å². The molecule has 2 unspecified atom stereocenters. The van der Waals surface area contributed by atoms with E-state index in [0.717, 1.165) is 25.1 Å². The molecule has 0 aliphatic carbocycles. The van der Waals surface area contributed by atoms with Gasteiger partial charge in [-0.2, -0.15) is 0 Å². The summed E-state index contributed by atoms with van der Waals surface area (Å²) in [6, 6.07) is 4.09. The van der Waals surface area contributed by atoms with Crippen molar-refractivity contribution in [2.24, 2.45) is 5.73 Å². The van der Waals surface area contributed by atoms with E-state index in [4.69, 9.17) is 5.73 Å². The maximum Gasteiger partial charge on any atom is 0.236 e. The van der Waals surface area contributed by atoms with Crippen LogP contribution in [0.2, 0.25) is 0 Å². The van der Waals surface area contributed by atoms with Crippen molar-refractivity contribution in [2.75, 3.05) is 26.7 Å². The summed E-state index contributed by atoms with van der Waals surface area (Å²) in [4.78, 5) is 19.9. The number of rotatable bonds is 4. The van der Waals surface area contributed by atoms with Gasteiger partial charge in [0.1, 0.15) is 0 Å². The number of hydrogen-bond donors (Lipinski definition) is 1. The summed E-state index contributed by atoms with van der Waals surface area (Å²) < 4.78 is 0. The molecule has 2 atom stereocenters. The van der Waals surface area contributed by atoms with E-state index in [1.54, 1.807) is 17.3 Å². The number of carbonyl (C=O) groups is 1. The summed E-state index contributed by atoms with van der Waals surface area (Å²) in [5, 5.41) is 0. The van der Waals surface area contributed by atoms with Gasteiger partial charge in [-0.1, -0.05) is 6.92 Å². The first kappa shape index (κ1) is 14.0. The third kappa shape index (κ3) is 3.11. The van der Waals surface area contributed by atoms with E-state index in [-0.39, 0.29) is 18.0 Å². The molecule has 0 aromatic carbocycles. The Kier molecular flexibility index (Phi) is 4.50. The van der Waals surface area contributed by atoms with Crippen molar-refractivity contribution in [3.8, 4) is 0 Å². The topological polar surface area (TPSA) is 62.5 Å². The zero-order valence-corrected chi connectivity index (χ0v) is 11.6. The van der Waals surface area contributed by atoms with Crippen LogP contribution in [0.1, 0.15) is 24.9 Å². The molecule has 1 aliphatic rings. The van der Waals surface area contributed by atoms with Crippen molar-refractivity contribution in [2.45, 2.75) is 25.4 Å². The van der Waals surface area contributed by atoms with Crippen LogP contribution < -0.4 is 5.73 Å². The first-order valence-corrected chi connectivity index (χ1v) is 6.77. The molecular formula is C14H22N4O. The van der Waals surface area contributed by atoms with Crippen LogP contribution in [0.5, 0.6) is 0 Å². The highest BCUT2D eigenvalue weighted by atomic mass is 16.2. The lowest BCUT2D eigenvalue weighted by atomic mass is 9.96. The van der Waals surface area contributed by atoms with E-state index in [9.17, 15) is 4.79 Å². The number of likely N-dealkylation sites (N-methyl/N-ethyl adjacent to an activating group) is 1. The highest BCUT2D eigenvalue weighted by molar-refractivity contribution is 5.78. The smallest absolute Gasteiger partial charge is 0.236 e. The van der Waals surface area contributed by atoms with Crippen LogP contribution in [-0.4, -0.2) is 53.4 Å². The second-order valence-electron chi connectivity index (χ2n) is 5.08. The van der Waals surface area contributed by atoms with Crippen LogP contribution in [0.15, 0.2) is 24.5 Å². The van der Waals surface area contributed by atoms with Gasteiger partial charge in [0.2, 0.25) is 5.91 Å². The molecule has 0 radical (unpaired) electrons. The standard InChI is InChI=1S/C14H22N4O/c1-3-12(15)14(11-4-6-16-7-5-11)18-9-8-17(2)13(19)10-18/h4-7,12,14H,3,8-10,15H2,1-2H3. The molecule has 104 valence electrons. The lowest BCUT2D eigenvalue weighted by Crippen LogP contribution is -2.52. The molecule has 1 saturated heterocycles. The lowest BCUT2D eigenvalue weighted by Gasteiger charge is -2.40. The van der Waals surface area contributed by atoms with Crippen molar-refractivity contribution in [1.82, 2.24) is 14.8 Å². The van der Waals surface area contributed by atoms with Gasteiger partial charge in [-0.05, 0) is 24.1 Å². The predicted octanol–water partition coefficient (Wildman–Crippen LogP) is 0.634. The van der Waals surface area contributed by atoms with Gasteiger partial charge in [0.25, 0.3) is 0 Å². The quantitative estimate of drug-likeness (QED) is 0.864. The average molecular weight is 262 g/mol. The Balaban J connectivity index is 2.21. The average Bonchev–Trinajstić information content (AvgIpc) is 2.44. The van der Waals surface area contributed by atoms with E-state index >= 15 is 0 Å². The first-order valence-electron chi connectivity index (χ1n) is 6.77. The Morgan fingerprint density at radius 2 is 2.05 bits per heavy atom. The van der Waals surface area contributed by atoms with Crippen LogP contribution in [0.25, 0.3) is 0 Å². The van der Waals surface area contributed by atoms with Gasteiger partial charge in [-0.15, -0.1) is 0 Å². The third-order valence-corrected chi connectivity index (χ3v) is 3.80. The molecule has 5 nitrogen and oxygen atoms in total. The molecule has 1 aromatic heterocycles. The molecule has 5 heteroatoms. The maximum absolute atomic E-state index is 11.9. The minimum absolute atomic E-state index is 0.0265. The van der Waals surface area contributed by atoms with Gasteiger partial charge in [0.05, 0.1) is 12.6 Å². The Labute approximate surface area is 114 Å². The number of aromatic nitrogens is 1. The normalized spacial score (nSPS) is 20.4. The Hall–Kier alpha value is -1.46. The molecule has 1 aromatic rings. The SMILES string of the molecule is CCC(N)C(c1ccncc1)N1CCN(C)C(=O)C1. The zero-order chi connectivity index (χ0) is 13.8. The number of amides is 1. The molecule has 19 heavy (non-hydrogen) atoms. The predicted molar refractivity (Wildman–Crippen MR) is 74.5 cm³/mol. The largest absolute Gasteiger partial charge is 0.343 e. The number of pyridine rings is 1.